The Morgan fingerprint density at radius 1 is 1.27 bits per heavy atom. The molecule has 0 radical (unpaired) electrons. The number of aryl methyl sites for hydroxylation is 2. The molecule has 1 amide bonds. The number of thiophene rings is 1. The summed E-state index contributed by atoms with van der Waals surface area (Å²) in [6.45, 7) is 6.09. The van der Waals surface area contributed by atoms with Crippen LogP contribution in [0.15, 0.2) is 5.16 Å². The first-order chi connectivity index (χ1) is 14.5. The van der Waals surface area contributed by atoms with Gasteiger partial charge >= 0.3 is 5.97 Å². The van der Waals surface area contributed by atoms with Gasteiger partial charge < -0.3 is 10.1 Å². The van der Waals surface area contributed by atoms with Gasteiger partial charge in [-0.25, -0.2) is 4.98 Å². The number of hydrogen-bond acceptors (Lipinski definition) is 8. The first-order valence-electron chi connectivity index (χ1n) is 10.2. The standard InChI is InChI=1S/C20H25N5O3S2/c1-4-28-15(27)9-21-14(26)10-29-20-24-23-18-16-12-7-5-6-8-13(12)30-19(16)22-17(11(2)3)25(18)20/h11H,4-10H2,1-3H3,(H,21,26). The van der Waals surface area contributed by atoms with Crippen LogP contribution in [-0.2, 0) is 27.2 Å². The molecule has 4 rings (SSSR count). The molecule has 1 aliphatic carbocycles. The maximum atomic E-state index is 12.2. The quantitative estimate of drug-likeness (QED) is 0.439. The molecule has 0 unspecified atom stereocenters. The molecule has 8 nitrogen and oxygen atoms in total. The zero-order valence-corrected chi connectivity index (χ0v) is 19.0. The molecule has 160 valence electrons. The van der Waals surface area contributed by atoms with Gasteiger partial charge in [-0.1, -0.05) is 25.6 Å². The Morgan fingerprint density at radius 2 is 2.07 bits per heavy atom. The molecular weight excluding hydrogens is 422 g/mol. The number of carbonyl (C=O) groups is 2. The largest absolute Gasteiger partial charge is 0.465 e. The third-order valence-electron chi connectivity index (χ3n) is 5.04. The summed E-state index contributed by atoms with van der Waals surface area (Å²) in [5.41, 5.74) is 2.20. The van der Waals surface area contributed by atoms with Crippen LogP contribution in [0.2, 0.25) is 0 Å². The number of hydrogen-bond donors (Lipinski definition) is 1. The molecule has 0 bridgehead atoms. The third kappa shape index (κ3) is 4.02. The predicted molar refractivity (Wildman–Crippen MR) is 117 cm³/mol. The summed E-state index contributed by atoms with van der Waals surface area (Å²) >= 11 is 3.08. The zero-order chi connectivity index (χ0) is 21.3. The molecule has 30 heavy (non-hydrogen) atoms. The normalized spacial score (nSPS) is 13.7. The lowest BCUT2D eigenvalue weighted by Crippen LogP contribution is -2.31. The van der Waals surface area contributed by atoms with E-state index in [0.29, 0.717) is 11.8 Å². The molecule has 1 aliphatic rings. The van der Waals surface area contributed by atoms with E-state index in [9.17, 15) is 9.59 Å². The first-order valence-corrected chi connectivity index (χ1v) is 12.0. The summed E-state index contributed by atoms with van der Waals surface area (Å²) in [5, 5.41) is 13.2. The van der Waals surface area contributed by atoms with E-state index in [4.69, 9.17) is 9.72 Å². The van der Waals surface area contributed by atoms with Crippen LogP contribution < -0.4 is 5.32 Å². The number of ether oxygens (including phenoxy) is 1. The summed E-state index contributed by atoms with van der Waals surface area (Å²) < 4.78 is 6.82. The van der Waals surface area contributed by atoms with E-state index in [-0.39, 0.29) is 24.1 Å². The second-order valence-corrected chi connectivity index (χ2v) is 9.55. The van der Waals surface area contributed by atoms with Crippen molar-refractivity contribution in [1.29, 1.82) is 0 Å². The second kappa shape index (κ2) is 8.89. The molecule has 0 spiro atoms. The molecule has 0 aliphatic heterocycles. The smallest absolute Gasteiger partial charge is 0.325 e. The fourth-order valence-corrected chi connectivity index (χ4v) is 5.73. The van der Waals surface area contributed by atoms with Gasteiger partial charge in [0.1, 0.15) is 17.2 Å². The fraction of sp³-hybridized carbons (Fsp3) is 0.550. The maximum absolute atomic E-state index is 12.2. The van der Waals surface area contributed by atoms with Crippen LogP contribution in [0.4, 0.5) is 0 Å². The highest BCUT2D eigenvalue weighted by Crippen LogP contribution is 2.39. The average Bonchev–Trinajstić information content (AvgIpc) is 3.31. The van der Waals surface area contributed by atoms with E-state index in [2.05, 4.69) is 29.4 Å². The summed E-state index contributed by atoms with van der Waals surface area (Å²) in [6, 6.07) is 0. The van der Waals surface area contributed by atoms with Gasteiger partial charge in [0.15, 0.2) is 10.8 Å². The first kappa shape index (κ1) is 21.0. The van der Waals surface area contributed by atoms with Gasteiger partial charge in [-0.05, 0) is 38.2 Å². The van der Waals surface area contributed by atoms with Crippen molar-refractivity contribution in [1.82, 2.24) is 24.9 Å². The molecule has 3 aromatic rings. The van der Waals surface area contributed by atoms with Crippen molar-refractivity contribution in [3.8, 4) is 0 Å². The van der Waals surface area contributed by atoms with Crippen LogP contribution in [0.25, 0.3) is 15.9 Å². The van der Waals surface area contributed by atoms with Crippen LogP contribution in [-0.4, -0.2) is 50.4 Å². The van der Waals surface area contributed by atoms with Crippen molar-refractivity contribution in [2.75, 3.05) is 18.9 Å². The Bertz CT molecular complexity index is 1110. The number of nitrogens with one attached hydrogen (secondary N) is 1. The lowest BCUT2D eigenvalue weighted by molar-refractivity contribution is -0.143. The molecule has 0 saturated carbocycles. The number of thioether (sulfide) groups is 1. The number of amides is 1. The van der Waals surface area contributed by atoms with Gasteiger partial charge in [-0.3, -0.25) is 14.0 Å². The van der Waals surface area contributed by atoms with Gasteiger partial charge in [0.2, 0.25) is 5.91 Å². The summed E-state index contributed by atoms with van der Waals surface area (Å²) in [5.74, 6) is 0.523. The van der Waals surface area contributed by atoms with E-state index in [0.717, 1.165) is 34.5 Å². The number of rotatable bonds is 7. The van der Waals surface area contributed by atoms with Gasteiger partial charge in [0, 0.05) is 10.8 Å². The lowest BCUT2D eigenvalue weighted by atomic mass is 9.97. The number of nitrogens with zero attached hydrogens (tertiary/aromatic N) is 4. The molecule has 0 atom stereocenters. The van der Waals surface area contributed by atoms with Gasteiger partial charge in [0.25, 0.3) is 0 Å². The Balaban J connectivity index is 1.63. The number of esters is 1. The van der Waals surface area contributed by atoms with Crippen molar-refractivity contribution >= 4 is 50.8 Å². The van der Waals surface area contributed by atoms with Crippen LogP contribution in [0.1, 0.15) is 55.8 Å². The van der Waals surface area contributed by atoms with Crippen molar-refractivity contribution < 1.29 is 14.3 Å². The molecule has 0 saturated heterocycles. The molecule has 0 aromatic carbocycles. The molecule has 0 fully saturated rings. The summed E-state index contributed by atoms with van der Waals surface area (Å²) in [7, 11) is 0. The molecule has 3 aromatic heterocycles. The monoisotopic (exact) mass is 447 g/mol. The highest BCUT2D eigenvalue weighted by Gasteiger charge is 2.24. The highest BCUT2D eigenvalue weighted by atomic mass is 32.2. The van der Waals surface area contributed by atoms with Crippen LogP contribution in [0.5, 0.6) is 0 Å². The van der Waals surface area contributed by atoms with Gasteiger partial charge in [-0.15, -0.1) is 21.5 Å². The Kier molecular flexibility index (Phi) is 6.24. The summed E-state index contributed by atoms with van der Waals surface area (Å²) in [6.07, 6.45) is 4.57. The number of fused-ring (bicyclic) bond motifs is 5. The van der Waals surface area contributed by atoms with Gasteiger partial charge in [-0.2, -0.15) is 0 Å². The molecule has 3 heterocycles. The van der Waals surface area contributed by atoms with Gasteiger partial charge in [0.05, 0.1) is 17.7 Å². The number of carbonyl (C=O) groups excluding carboxylic acids is 2. The van der Waals surface area contributed by atoms with Crippen LogP contribution >= 0.6 is 23.1 Å². The topological polar surface area (TPSA) is 98.5 Å². The highest BCUT2D eigenvalue weighted by molar-refractivity contribution is 7.99. The Morgan fingerprint density at radius 3 is 2.83 bits per heavy atom. The zero-order valence-electron chi connectivity index (χ0n) is 17.4. The minimum Gasteiger partial charge on any atom is -0.465 e. The average molecular weight is 448 g/mol. The molecule has 10 heteroatoms. The van der Waals surface area contributed by atoms with Crippen molar-refractivity contribution in [3.63, 3.8) is 0 Å². The Hall–Kier alpha value is -2.20. The SMILES string of the molecule is CCOC(=O)CNC(=O)CSc1nnc2c3c4c(sc3nc(C(C)C)n12)CCCC4. The lowest BCUT2D eigenvalue weighted by Gasteiger charge is -2.12. The van der Waals surface area contributed by atoms with Crippen molar-refractivity contribution in [2.45, 2.75) is 57.5 Å². The van der Waals surface area contributed by atoms with Crippen molar-refractivity contribution in [3.05, 3.63) is 16.3 Å². The van der Waals surface area contributed by atoms with Crippen molar-refractivity contribution in [2.24, 2.45) is 0 Å². The number of aromatic nitrogens is 4. The minimum absolute atomic E-state index is 0.131. The third-order valence-corrected chi connectivity index (χ3v) is 7.15. The maximum Gasteiger partial charge on any atom is 0.325 e. The second-order valence-electron chi connectivity index (χ2n) is 7.53. The van der Waals surface area contributed by atoms with E-state index < -0.39 is 5.97 Å². The van der Waals surface area contributed by atoms with Crippen LogP contribution in [0, 0.1) is 0 Å². The van der Waals surface area contributed by atoms with E-state index in [1.54, 1.807) is 18.3 Å². The minimum atomic E-state index is -0.445. The van der Waals surface area contributed by atoms with E-state index in [1.807, 2.05) is 4.40 Å². The Labute approximate surface area is 182 Å². The molecule has 1 N–H and O–H groups in total. The molecular formula is C20H25N5O3S2. The van der Waals surface area contributed by atoms with Crippen LogP contribution in [0.3, 0.4) is 0 Å². The fourth-order valence-electron chi connectivity index (χ4n) is 3.70. The predicted octanol–water partition coefficient (Wildman–Crippen LogP) is 3.11. The van der Waals surface area contributed by atoms with E-state index >= 15 is 0 Å². The van der Waals surface area contributed by atoms with E-state index in [1.165, 1.54) is 35.0 Å². The summed E-state index contributed by atoms with van der Waals surface area (Å²) in [4.78, 5) is 31.0.